The maximum Gasteiger partial charge on any atom is 0.369 e. The summed E-state index contributed by atoms with van der Waals surface area (Å²) in [6, 6.07) is 16.8. The molecule has 2 N–H and O–H groups in total. The molecule has 4 rings (SSSR count). The number of halogens is 2. The highest BCUT2D eigenvalue weighted by Gasteiger charge is 2.61. The van der Waals surface area contributed by atoms with Crippen molar-refractivity contribution in [2.24, 2.45) is 0 Å². The zero-order valence-electron chi connectivity index (χ0n) is 22.6. The lowest BCUT2D eigenvalue weighted by atomic mass is 9.99. The number of carboxylic acid groups (broad SMARTS) is 2. The van der Waals surface area contributed by atoms with Gasteiger partial charge in [-0.25, -0.2) is 24.1 Å². The van der Waals surface area contributed by atoms with Gasteiger partial charge in [0.15, 0.2) is 0 Å². The molecule has 1 fully saturated rings. The van der Waals surface area contributed by atoms with Gasteiger partial charge in [0, 0.05) is 13.1 Å². The number of hydrogen-bond acceptors (Lipinski definition) is 8. The number of rotatable bonds is 9. The zero-order chi connectivity index (χ0) is 30.6. The smallest absolute Gasteiger partial charge is 0.369 e. The van der Waals surface area contributed by atoms with Crippen molar-refractivity contribution in [3.8, 4) is 0 Å². The summed E-state index contributed by atoms with van der Waals surface area (Å²) in [5, 5.41) is 21.4. The Kier molecular flexibility index (Phi) is 9.53. The van der Waals surface area contributed by atoms with Crippen molar-refractivity contribution in [3.05, 3.63) is 105 Å². The zero-order valence-corrected chi connectivity index (χ0v) is 24.1. The summed E-state index contributed by atoms with van der Waals surface area (Å²) in [4.78, 5) is 53.4. The number of carbonyl (C=O) groups excluding carboxylic acids is 2. The van der Waals surface area contributed by atoms with Gasteiger partial charge in [0.1, 0.15) is 0 Å². The molecule has 1 unspecified atom stereocenters. The maximum absolute atomic E-state index is 13.4. The number of esters is 2. The van der Waals surface area contributed by atoms with E-state index in [9.17, 15) is 29.4 Å². The summed E-state index contributed by atoms with van der Waals surface area (Å²) in [6.07, 6.45) is -3.31. The van der Waals surface area contributed by atoms with Gasteiger partial charge in [0.2, 0.25) is 0 Å². The fourth-order valence-corrected chi connectivity index (χ4v) is 4.80. The van der Waals surface area contributed by atoms with Gasteiger partial charge in [-0.05, 0) is 55.8 Å². The van der Waals surface area contributed by atoms with E-state index in [1.165, 1.54) is 36.4 Å². The van der Waals surface area contributed by atoms with Gasteiger partial charge < -0.3 is 24.4 Å². The lowest BCUT2D eigenvalue weighted by Crippen LogP contribution is -2.69. The van der Waals surface area contributed by atoms with E-state index in [-0.39, 0.29) is 40.9 Å². The molecular weight excluding hydrogens is 589 g/mol. The topological polar surface area (TPSA) is 140 Å². The molecule has 3 aromatic rings. The van der Waals surface area contributed by atoms with Crippen LogP contribution in [0.1, 0.15) is 43.5 Å². The maximum atomic E-state index is 13.4. The van der Waals surface area contributed by atoms with Crippen LogP contribution in [0.4, 0.5) is 0 Å². The van der Waals surface area contributed by atoms with Crippen molar-refractivity contribution in [1.29, 1.82) is 0 Å². The summed E-state index contributed by atoms with van der Waals surface area (Å²) in [5.74, 6) is -5.95. The average molecular weight is 616 g/mol. The van der Waals surface area contributed by atoms with Crippen LogP contribution in [-0.2, 0) is 23.8 Å². The molecule has 3 atom stereocenters. The molecule has 220 valence electrons. The molecule has 1 heterocycles. The minimum atomic E-state index is -2.99. The largest absolute Gasteiger partial charge is 0.478 e. The number of aliphatic carboxylic acids is 2. The first kappa shape index (κ1) is 31.0. The van der Waals surface area contributed by atoms with E-state index in [1.54, 1.807) is 44.2 Å². The van der Waals surface area contributed by atoms with Gasteiger partial charge >= 0.3 is 29.6 Å². The Morgan fingerprint density at radius 1 is 0.881 bits per heavy atom. The van der Waals surface area contributed by atoms with E-state index < -0.39 is 41.8 Å². The Morgan fingerprint density at radius 3 is 1.98 bits per heavy atom. The second-order valence-electron chi connectivity index (χ2n) is 9.73. The van der Waals surface area contributed by atoms with Crippen LogP contribution in [0.2, 0.25) is 10.0 Å². The van der Waals surface area contributed by atoms with E-state index in [0.29, 0.717) is 5.56 Å². The number of carbonyl (C=O) groups is 4. The molecule has 12 heteroatoms. The molecule has 1 saturated heterocycles. The van der Waals surface area contributed by atoms with Crippen molar-refractivity contribution >= 4 is 47.1 Å². The summed E-state index contributed by atoms with van der Waals surface area (Å²) >= 11 is 12.2. The van der Waals surface area contributed by atoms with Crippen LogP contribution in [0, 0.1) is 13.8 Å². The van der Waals surface area contributed by atoms with Crippen LogP contribution in [0.5, 0.6) is 0 Å². The van der Waals surface area contributed by atoms with Crippen molar-refractivity contribution in [2.75, 3.05) is 19.7 Å². The van der Waals surface area contributed by atoms with Crippen LogP contribution in [0.15, 0.2) is 66.7 Å². The predicted molar refractivity (Wildman–Crippen MR) is 152 cm³/mol. The number of nitrogens with zero attached hydrogens (tertiary/aromatic N) is 1. The number of carboxylic acids is 2. The minimum Gasteiger partial charge on any atom is -0.478 e. The summed E-state index contributed by atoms with van der Waals surface area (Å²) in [5.41, 5.74) is -0.881. The highest BCUT2D eigenvalue weighted by Crippen LogP contribution is 2.35. The Hall–Kier alpha value is -3.96. The molecule has 0 bridgehead atoms. The van der Waals surface area contributed by atoms with E-state index >= 15 is 0 Å². The Bertz CT molecular complexity index is 1490. The molecular formula is C30H27Cl2NO9. The van der Waals surface area contributed by atoms with E-state index in [2.05, 4.69) is 0 Å². The Morgan fingerprint density at radius 2 is 1.45 bits per heavy atom. The highest BCUT2D eigenvalue weighted by molar-refractivity contribution is 6.42. The van der Waals surface area contributed by atoms with Gasteiger partial charge in [-0.15, -0.1) is 0 Å². The van der Waals surface area contributed by atoms with Gasteiger partial charge in [-0.2, -0.15) is 0 Å². The van der Waals surface area contributed by atoms with Crippen LogP contribution in [-0.4, -0.2) is 70.5 Å². The molecule has 1 aliphatic heterocycles. The Labute approximate surface area is 251 Å². The number of hydrogen-bond donors (Lipinski definition) is 2. The van der Waals surface area contributed by atoms with Crippen molar-refractivity contribution in [1.82, 2.24) is 4.90 Å². The fraction of sp³-hybridized carbons (Fsp3) is 0.267. The van der Waals surface area contributed by atoms with Crippen LogP contribution >= 0.6 is 23.2 Å². The molecule has 42 heavy (non-hydrogen) atoms. The first-order chi connectivity index (χ1) is 19.9. The van der Waals surface area contributed by atoms with E-state index in [0.717, 1.165) is 16.0 Å². The molecule has 10 nitrogen and oxygen atoms in total. The van der Waals surface area contributed by atoms with Crippen molar-refractivity contribution in [3.63, 3.8) is 0 Å². The monoisotopic (exact) mass is 615 g/mol. The molecule has 0 saturated carbocycles. The van der Waals surface area contributed by atoms with Gasteiger partial charge in [-0.1, -0.05) is 64.7 Å². The predicted octanol–water partition coefficient (Wildman–Crippen LogP) is 4.93. The molecule has 0 aliphatic carbocycles. The SMILES string of the molecule is Cc1ccc(C(=O)O[C@@H](C(=O)O)[C@@](OC(=O)c2ccc(C)cc2)(C(=O)O)N2CCOC(c3ccc(Cl)c(Cl)c3)C2)cc1. The van der Waals surface area contributed by atoms with Gasteiger partial charge in [0.05, 0.1) is 33.9 Å². The molecule has 3 aromatic carbocycles. The number of ether oxygens (including phenoxy) is 3. The highest BCUT2D eigenvalue weighted by atomic mass is 35.5. The lowest BCUT2D eigenvalue weighted by molar-refractivity contribution is -0.228. The Balaban J connectivity index is 1.79. The summed E-state index contributed by atoms with van der Waals surface area (Å²) < 4.78 is 16.8. The fourth-order valence-electron chi connectivity index (χ4n) is 4.49. The summed E-state index contributed by atoms with van der Waals surface area (Å²) in [6.45, 7) is 3.05. The molecule has 0 spiro atoms. The average Bonchev–Trinajstić information content (AvgIpc) is 2.96. The number of aryl methyl sites for hydroxylation is 2. The third-order valence-corrected chi connectivity index (χ3v) is 7.52. The van der Waals surface area contributed by atoms with Crippen molar-refractivity contribution < 1.29 is 43.6 Å². The number of morpholine rings is 1. The van der Waals surface area contributed by atoms with Crippen molar-refractivity contribution in [2.45, 2.75) is 31.8 Å². The second kappa shape index (κ2) is 12.9. The quantitative estimate of drug-likeness (QED) is 0.318. The third kappa shape index (κ3) is 6.57. The lowest BCUT2D eigenvalue weighted by Gasteiger charge is -2.45. The standard InChI is InChI=1S/C30H27Cl2NO9/c1-17-3-7-19(8-4-17)27(36)41-25(26(34)35)30(29(38)39,42-28(37)20-9-5-18(2)6-10-20)33-13-14-40-24(16-33)21-11-12-22(31)23(32)15-21/h3-12,15,24-25H,13-14,16H2,1-2H3,(H,34,35)(H,38,39)/t24?,25-,30+/m0/s1. The first-order valence-corrected chi connectivity index (χ1v) is 13.5. The van der Waals surface area contributed by atoms with E-state index in [1.807, 2.05) is 0 Å². The number of benzene rings is 3. The van der Waals surface area contributed by atoms with Gasteiger partial charge in [0.25, 0.3) is 6.10 Å². The van der Waals surface area contributed by atoms with Crippen LogP contribution in [0.25, 0.3) is 0 Å². The molecule has 0 aromatic heterocycles. The minimum absolute atomic E-state index is 0.0216. The van der Waals surface area contributed by atoms with Crippen LogP contribution < -0.4 is 0 Å². The molecule has 0 amide bonds. The first-order valence-electron chi connectivity index (χ1n) is 12.8. The third-order valence-electron chi connectivity index (χ3n) is 6.79. The second-order valence-corrected chi connectivity index (χ2v) is 10.5. The van der Waals surface area contributed by atoms with Gasteiger partial charge in [-0.3, -0.25) is 0 Å². The van der Waals surface area contributed by atoms with Crippen LogP contribution in [0.3, 0.4) is 0 Å². The molecule has 1 aliphatic rings. The van der Waals surface area contributed by atoms with E-state index in [4.69, 9.17) is 37.4 Å². The summed E-state index contributed by atoms with van der Waals surface area (Å²) in [7, 11) is 0. The normalized spacial score (nSPS) is 17.5. The molecule has 0 radical (unpaired) electrons.